The fourth-order valence-electron chi connectivity index (χ4n) is 3.49. The molecule has 0 saturated carbocycles. The van der Waals surface area contributed by atoms with Crippen LogP contribution >= 0.6 is 0 Å². The summed E-state index contributed by atoms with van der Waals surface area (Å²) < 4.78 is 28.1. The van der Waals surface area contributed by atoms with Gasteiger partial charge < -0.3 is 0 Å². The van der Waals surface area contributed by atoms with Crippen LogP contribution in [0, 0.1) is 6.92 Å². The third kappa shape index (κ3) is 3.18. The van der Waals surface area contributed by atoms with Crippen LogP contribution in [-0.4, -0.2) is 18.8 Å². The minimum atomic E-state index is -3.52. The number of rotatable bonds is 5. The molecular formula is C22H21NO2S. The van der Waals surface area contributed by atoms with Gasteiger partial charge in [0, 0.05) is 0 Å². The molecule has 1 aliphatic rings. The molecule has 0 aromatic heterocycles. The van der Waals surface area contributed by atoms with E-state index in [0.717, 1.165) is 16.7 Å². The number of hydrogen-bond donors (Lipinski definition) is 0. The summed E-state index contributed by atoms with van der Waals surface area (Å²) in [4.78, 5) is 0.361. The van der Waals surface area contributed by atoms with Crippen LogP contribution in [0.3, 0.4) is 0 Å². The Hall–Kier alpha value is -2.43. The number of benzene rings is 3. The summed E-state index contributed by atoms with van der Waals surface area (Å²) in [5.41, 5.74) is 3.25. The molecule has 1 fully saturated rings. The first-order valence-corrected chi connectivity index (χ1v) is 10.2. The highest BCUT2D eigenvalue weighted by molar-refractivity contribution is 7.89. The predicted octanol–water partition coefficient (Wildman–Crippen LogP) is 4.35. The van der Waals surface area contributed by atoms with E-state index in [1.807, 2.05) is 67.6 Å². The van der Waals surface area contributed by atoms with Crippen molar-refractivity contribution in [1.82, 2.24) is 4.31 Å². The lowest BCUT2D eigenvalue weighted by atomic mass is 10.0. The molecule has 26 heavy (non-hydrogen) atoms. The van der Waals surface area contributed by atoms with E-state index in [0.29, 0.717) is 11.3 Å². The average Bonchev–Trinajstić information content (AvgIpc) is 3.38. The van der Waals surface area contributed by atoms with Crippen LogP contribution < -0.4 is 0 Å². The molecule has 1 unspecified atom stereocenters. The van der Waals surface area contributed by atoms with Gasteiger partial charge in [-0.3, -0.25) is 0 Å². The van der Waals surface area contributed by atoms with Gasteiger partial charge in [-0.1, -0.05) is 78.4 Å². The molecular weight excluding hydrogens is 342 g/mol. The quantitative estimate of drug-likeness (QED) is 0.632. The van der Waals surface area contributed by atoms with Gasteiger partial charge in [0.05, 0.1) is 17.0 Å². The molecule has 0 amide bonds. The third-order valence-corrected chi connectivity index (χ3v) is 6.82. The Morgan fingerprint density at radius 3 is 2.00 bits per heavy atom. The lowest BCUT2D eigenvalue weighted by molar-refractivity contribution is 0.545. The van der Waals surface area contributed by atoms with Crippen molar-refractivity contribution in [2.24, 2.45) is 0 Å². The lowest BCUT2D eigenvalue weighted by Crippen LogP contribution is -2.16. The zero-order valence-electron chi connectivity index (χ0n) is 14.6. The Bertz CT molecular complexity index is 983. The fourth-order valence-corrected chi connectivity index (χ4v) is 5.27. The van der Waals surface area contributed by atoms with Gasteiger partial charge in [0.25, 0.3) is 0 Å². The van der Waals surface area contributed by atoms with E-state index >= 15 is 0 Å². The summed E-state index contributed by atoms with van der Waals surface area (Å²) in [7, 11) is -3.52. The number of nitrogens with zero attached hydrogens (tertiary/aromatic N) is 1. The molecule has 132 valence electrons. The predicted molar refractivity (Wildman–Crippen MR) is 103 cm³/mol. The Labute approximate surface area is 155 Å². The number of aryl methyl sites for hydroxylation is 1. The molecule has 1 aliphatic heterocycles. The second-order valence-corrected chi connectivity index (χ2v) is 8.60. The highest BCUT2D eigenvalue weighted by Gasteiger charge is 2.55. The molecule has 3 aromatic carbocycles. The second-order valence-electron chi connectivity index (χ2n) is 6.76. The maximum Gasteiger partial charge on any atom is 0.244 e. The van der Waals surface area contributed by atoms with Crippen LogP contribution in [0.5, 0.6) is 0 Å². The molecule has 4 rings (SSSR count). The van der Waals surface area contributed by atoms with Gasteiger partial charge >= 0.3 is 0 Å². The molecule has 0 aliphatic carbocycles. The van der Waals surface area contributed by atoms with Crippen molar-refractivity contribution in [1.29, 1.82) is 0 Å². The Morgan fingerprint density at radius 2 is 1.38 bits per heavy atom. The molecule has 3 aromatic rings. The number of hydrogen-bond acceptors (Lipinski definition) is 2. The van der Waals surface area contributed by atoms with Gasteiger partial charge in [0.1, 0.15) is 0 Å². The normalized spacial score (nSPS) is 22.1. The molecule has 4 heteroatoms. The van der Waals surface area contributed by atoms with Gasteiger partial charge in [-0.15, -0.1) is 0 Å². The van der Waals surface area contributed by atoms with Gasteiger partial charge in [-0.2, -0.15) is 4.31 Å². The summed E-state index contributed by atoms with van der Waals surface area (Å²) in [5.74, 6) is 0. The van der Waals surface area contributed by atoms with Gasteiger partial charge in [-0.05, 0) is 36.6 Å². The van der Waals surface area contributed by atoms with Gasteiger partial charge in [-0.25, -0.2) is 8.42 Å². The van der Waals surface area contributed by atoms with Crippen molar-refractivity contribution in [3.8, 4) is 0 Å². The SMILES string of the molecule is Cc1ccc(S(=O)(=O)N2[C@H](c3ccccc3)[C@@H]2Cc2ccccc2)cc1. The Morgan fingerprint density at radius 1 is 0.808 bits per heavy atom. The van der Waals surface area contributed by atoms with Crippen LogP contribution in [0.2, 0.25) is 0 Å². The largest absolute Gasteiger partial charge is 0.244 e. The van der Waals surface area contributed by atoms with Crippen LogP contribution in [0.4, 0.5) is 0 Å². The summed E-state index contributed by atoms with van der Waals surface area (Å²) in [5, 5.41) is 0. The summed E-state index contributed by atoms with van der Waals surface area (Å²) in [6.45, 7) is 1.96. The summed E-state index contributed by atoms with van der Waals surface area (Å²) in [6, 6.07) is 26.9. The second kappa shape index (κ2) is 6.71. The minimum Gasteiger partial charge on any atom is -0.207 e. The molecule has 0 N–H and O–H groups in total. The highest BCUT2D eigenvalue weighted by Crippen LogP contribution is 2.49. The van der Waals surface area contributed by atoms with Crippen LogP contribution in [0.15, 0.2) is 89.8 Å². The van der Waals surface area contributed by atoms with E-state index in [2.05, 4.69) is 12.1 Å². The molecule has 1 heterocycles. The molecule has 0 spiro atoms. The van der Waals surface area contributed by atoms with Crippen LogP contribution in [0.1, 0.15) is 22.7 Å². The molecule has 3 nitrogen and oxygen atoms in total. The van der Waals surface area contributed by atoms with Crippen LogP contribution in [0.25, 0.3) is 0 Å². The monoisotopic (exact) mass is 363 g/mol. The fraction of sp³-hybridized carbons (Fsp3) is 0.182. The van der Waals surface area contributed by atoms with Crippen molar-refractivity contribution in [3.05, 3.63) is 102 Å². The van der Waals surface area contributed by atoms with E-state index < -0.39 is 10.0 Å². The van der Waals surface area contributed by atoms with Crippen molar-refractivity contribution < 1.29 is 8.42 Å². The first-order chi connectivity index (χ1) is 12.6. The van der Waals surface area contributed by atoms with E-state index in [-0.39, 0.29) is 12.1 Å². The van der Waals surface area contributed by atoms with Crippen molar-refractivity contribution in [3.63, 3.8) is 0 Å². The highest BCUT2D eigenvalue weighted by atomic mass is 32.2. The zero-order chi connectivity index (χ0) is 18.1. The van der Waals surface area contributed by atoms with E-state index in [1.165, 1.54) is 0 Å². The van der Waals surface area contributed by atoms with E-state index in [4.69, 9.17) is 0 Å². The summed E-state index contributed by atoms with van der Waals surface area (Å²) >= 11 is 0. The Kier molecular flexibility index (Phi) is 4.39. The smallest absolute Gasteiger partial charge is 0.207 e. The van der Waals surface area contributed by atoms with Crippen molar-refractivity contribution >= 4 is 10.0 Å². The molecule has 0 radical (unpaired) electrons. The first-order valence-electron chi connectivity index (χ1n) is 8.76. The lowest BCUT2D eigenvalue weighted by Gasteiger charge is -2.07. The first kappa shape index (κ1) is 17.0. The van der Waals surface area contributed by atoms with Crippen molar-refractivity contribution in [2.75, 3.05) is 0 Å². The topological polar surface area (TPSA) is 37.1 Å². The van der Waals surface area contributed by atoms with Crippen LogP contribution in [-0.2, 0) is 16.4 Å². The standard InChI is InChI=1S/C22H21NO2S/c1-17-12-14-20(15-13-17)26(24,25)23-21(16-18-8-4-2-5-9-18)22(23)19-10-6-3-7-11-19/h2-15,21-22H,16H2,1H3/t21-,22+,23?/m0/s1. The van der Waals surface area contributed by atoms with Crippen molar-refractivity contribution in [2.45, 2.75) is 30.3 Å². The maximum absolute atomic E-state index is 13.2. The number of sulfonamides is 1. The van der Waals surface area contributed by atoms with Gasteiger partial charge in [0.2, 0.25) is 10.0 Å². The van der Waals surface area contributed by atoms with Gasteiger partial charge in [0.15, 0.2) is 0 Å². The zero-order valence-corrected chi connectivity index (χ0v) is 15.4. The third-order valence-electron chi connectivity index (χ3n) is 4.90. The Balaban J connectivity index is 1.68. The van der Waals surface area contributed by atoms with E-state index in [1.54, 1.807) is 16.4 Å². The molecule has 3 atom stereocenters. The van der Waals surface area contributed by atoms with E-state index in [9.17, 15) is 8.42 Å². The summed E-state index contributed by atoms with van der Waals surface area (Å²) in [6.07, 6.45) is 0.714. The minimum absolute atomic E-state index is 0.0499. The molecule has 0 bridgehead atoms. The average molecular weight is 363 g/mol. The maximum atomic E-state index is 13.2. The molecule has 1 saturated heterocycles.